The van der Waals surface area contributed by atoms with E-state index in [0.717, 1.165) is 37.0 Å². The molecule has 1 atom stereocenters. The van der Waals surface area contributed by atoms with Gasteiger partial charge in [-0.15, -0.1) is 0 Å². The van der Waals surface area contributed by atoms with E-state index in [1.807, 2.05) is 29.2 Å². The Kier molecular flexibility index (Phi) is 4.14. The molecule has 0 bridgehead atoms. The maximum atomic E-state index is 12.8. The fraction of sp³-hybridized carbons (Fsp3) is 0.556. The third-order valence-corrected chi connectivity index (χ3v) is 5.05. The first-order chi connectivity index (χ1) is 11.7. The summed E-state index contributed by atoms with van der Waals surface area (Å²) in [6.07, 6.45) is 1.70. The van der Waals surface area contributed by atoms with E-state index in [4.69, 9.17) is 9.15 Å². The van der Waals surface area contributed by atoms with Crippen molar-refractivity contribution >= 4 is 23.0 Å². The van der Waals surface area contributed by atoms with E-state index < -0.39 is 0 Å². The summed E-state index contributed by atoms with van der Waals surface area (Å²) in [4.78, 5) is 21.5. The molecule has 2 aliphatic rings. The van der Waals surface area contributed by atoms with E-state index >= 15 is 0 Å². The summed E-state index contributed by atoms with van der Waals surface area (Å²) in [7, 11) is 0. The van der Waals surface area contributed by atoms with Gasteiger partial charge in [0.05, 0.1) is 19.3 Å². The minimum atomic E-state index is 0.103. The summed E-state index contributed by atoms with van der Waals surface area (Å²) in [5.41, 5.74) is 1.70. The summed E-state index contributed by atoms with van der Waals surface area (Å²) in [5.74, 6) is 0.384. The van der Waals surface area contributed by atoms with Gasteiger partial charge in [-0.1, -0.05) is 12.1 Å². The molecule has 4 rings (SSSR count). The minimum Gasteiger partial charge on any atom is -0.423 e. The van der Waals surface area contributed by atoms with Gasteiger partial charge in [-0.3, -0.25) is 4.79 Å². The van der Waals surface area contributed by atoms with Crippen LogP contribution in [0.25, 0.3) is 11.1 Å². The highest BCUT2D eigenvalue weighted by atomic mass is 16.5. The SMILES string of the molecule is CC1COCCN1C(=O)C1CCN(c2nc3ccccc3o2)CC1. The number of rotatable bonds is 2. The third kappa shape index (κ3) is 2.86. The van der Waals surface area contributed by atoms with Crippen molar-refractivity contribution < 1.29 is 13.9 Å². The van der Waals surface area contributed by atoms with E-state index in [1.54, 1.807) is 0 Å². The Hall–Kier alpha value is -2.08. The Morgan fingerprint density at radius 3 is 2.75 bits per heavy atom. The van der Waals surface area contributed by atoms with Crippen molar-refractivity contribution in [2.24, 2.45) is 5.92 Å². The maximum Gasteiger partial charge on any atom is 0.298 e. The van der Waals surface area contributed by atoms with Crippen LogP contribution in [0.5, 0.6) is 0 Å². The van der Waals surface area contributed by atoms with Crippen LogP contribution in [0.3, 0.4) is 0 Å². The van der Waals surface area contributed by atoms with Crippen LogP contribution in [0.4, 0.5) is 6.01 Å². The molecule has 2 saturated heterocycles. The predicted molar refractivity (Wildman–Crippen MR) is 90.9 cm³/mol. The number of aromatic nitrogens is 1. The molecule has 128 valence electrons. The molecule has 0 radical (unpaired) electrons. The number of hydrogen-bond acceptors (Lipinski definition) is 5. The summed E-state index contributed by atoms with van der Waals surface area (Å²) in [6.45, 7) is 5.69. The number of morpholine rings is 1. The summed E-state index contributed by atoms with van der Waals surface area (Å²) in [6, 6.07) is 8.65. The molecule has 0 aliphatic carbocycles. The Balaban J connectivity index is 1.40. The number of carbonyl (C=O) groups excluding carboxylic acids is 1. The number of ether oxygens (including phenoxy) is 1. The van der Waals surface area contributed by atoms with Crippen molar-refractivity contribution in [1.82, 2.24) is 9.88 Å². The van der Waals surface area contributed by atoms with Crippen molar-refractivity contribution in [3.63, 3.8) is 0 Å². The first-order valence-corrected chi connectivity index (χ1v) is 8.71. The molecule has 1 aromatic carbocycles. The van der Waals surface area contributed by atoms with Crippen LogP contribution in [0, 0.1) is 5.92 Å². The molecule has 6 heteroatoms. The lowest BCUT2D eigenvalue weighted by atomic mass is 9.94. The number of hydrogen-bond donors (Lipinski definition) is 0. The highest BCUT2D eigenvalue weighted by Crippen LogP contribution is 2.27. The topological polar surface area (TPSA) is 58.8 Å². The Morgan fingerprint density at radius 1 is 1.21 bits per heavy atom. The lowest BCUT2D eigenvalue weighted by Gasteiger charge is -2.38. The first-order valence-electron chi connectivity index (χ1n) is 8.71. The molecule has 1 aromatic heterocycles. The highest BCUT2D eigenvalue weighted by Gasteiger charge is 2.33. The van der Waals surface area contributed by atoms with Gasteiger partial charge in [0.2, 0.25) is 5.91 Å². The lowest BCUT2D eigenvalue weighted by molar-refractivity contribution is -0.144. The van der Waals surface area contributed by atoms with Crippen LogP contribution in [0.15, 0.2) is 28.7 Å². The second-order valence-corrected chi connectivity index (χ2v) is 6.68. The number of para-hydroxylation sites is 2. The molecule has 0 N–H and O–H groups in total. The second-order valence-electron chi connectivity index (χ2n) is 6.68. The molecule has 6 nitrogen and oxygen atoms in total. The maximum absolute atomic E-state index is 12.8. The monoisotopic (exact) mass is 329 g/mol. The number of carbonyl (C=O) groups is 1. The van der Waals surface area contributed by atoms with E-state index in [-0.39, 0.29) is 17.9 Å². The summed E-state index contributed by atoms with van der Waals surface area (Å²) < 4.78 is 11.3. The number of nitrogens with zero attached hydrogens (tertiary/aromatic N) is 3. The number of amides is 1. The van der Waals surface area contributed by atoms with E-state index in [0.29, 0.717) is 25.8 Å². The van der Waals surface area contributed by atoms with Crippen molar-refractivity contribution in [1.29, 1.82) is 0 Å². The van der Waals surface area contributed by atoms with Crippen molar-refractivity contribution in [3.05, 3.63) is 24.3 Å². The van der Waals surface area contributed by atoms with Crippen LogP contribution in [0.2, 0.25) is 0 Å². The molecule has 0 spiro atoms. The van der Waals surface area contributed by atoms with Gasteiger partial charge in [0.25, 0.3) is 6.01 Å². The second kappa shape index (κ2) is 6.43. The number of anilines is 1. The van der Waals surface area contributed by atoms with E-state index in [9.17, 15) is 4.79 Å². The van der Waals surface area contributed by atoms with E-state index in [1.165, 1.54) is 0 Å². The van der Waals surface area contributed by atoms with Crippen LogP contribution in [0.1, 0.15) is 19.8 Å². The molecule has 1 amide bonds. The predicted octanol–water partition coefficient (Wildman–Crippen LogP) is 2.29. The fourth-order valence-electron chi connectivity index (χ4n) is 3.60. The zero-order valence-corrected chi connectivity index (χ0v) is 14.0. The van der Waals surface area contributed by atoms with Gasteiger partial charge in [0, 0.05) is 25.6 Å². The average molecular weight is 329 g/mol. The molecule has 1 unspecified atom stereocenters. The zero-order valence-electron chi connectivity index (χ0n) is 14.0. The van der Waals surface area contributed by atoms with Gasteiger partial charge in [-0.2, -0.15) is 4.98 Å². The summed E-state index contributed by atoms with van der Waals surface area (Å²) in [5, 5.41) is 0. The van der Waals surface area contributed by atoms with Gasteiger partial charge in [0.1, 0.15) is 5.52 Å². The first kappa shape index (κ1) is 15.4. The number of benzene rings is 1. The minimum absolute atomic E-state index is 0.103. The zero-order chi connectivity index (χ0) is 16.5. The normalized spacial score (nSPS) is 23.0. The van der Waals surface area contributed by atoms with Crippen molar-refractivity contribution in [3.8, 4) is 0 Å². The number of piperidine rings is 1. The fourth-order valence-corrected chi connectivity index (χ4v) is 3.60. The van der Waals surface area contributed by atoms with Crippen molar-refractivity contribution in [2.45, 2.75) is 25.8 Å². The Bertz CT molecular complexity index is 688. The molecule has 2 fully saturated rings. The quantitative estimate of drug-likeness (QED) is 0.846. The van der Waals surface area contributed by atoms with Gasteiger partial charge >= 0.3 is 0 Å². The Morgan fingerprint density at radius 2 is 2.00 bits per heavy atom. The highest BCUT2D eigenvalue weighted by molar-refractivity contribution is 5.79. The summed E-state index contributed by atoms with van der Waals surface area (Å²) >= 11 is 0. The van der Waals surface area contributed by atoms with Crippen LogP contribution in [-0.2, 0) is 9.53 Å². The van der Waals surface area contributed by atoms with Gasteiger partial charge < -0.3 is 19.0 Å². The van der Waals surface area contributed by atoms with Gasteiger partial charge in [-0.05, 0) is 31.9 Å². The molecule has 2 aliphatic heterocycles. The van der Waals surface area contributed by atoms with Crippen LogP contribution < -0.4 is 4.90 Å². The average Bonchev–Trinajstić information content (AvgIpc) is 3.06. The van der Waals surface area contributed by atoms with Crippen LogP contribution >= 0.6 is 0 Å². The standard InChI is InChI=1S/C18H23N3O3/c1-13-12-23-11-10-21(13)17(22)14-6-8-20(9-7-14)18-19-15-4-2-3-5-16(15)24-18/h2-5,13-14H,6-12H2,1H3. The molecule has 0 saturated carbocycles. The van der Waals surface area contributed by atoms with Crippen LogP contribution in [-0.4, -0.2) is 54.7 Å². The molecule has 3 heterocycles. The number of fused-ring (bicyclic) bond motifs is 1. The lowest BCUT2D eigenvalue weighted by Crippen LogP contribution is -2.51. The van der Waals surface area contributed by atoms with E-state index in [2.05, 4.69) is 16.8 Å². The van der Waals surface area contributed by atoms with Gasteiger partial charge in [-0.25, -0.2) is 0 Å². The Labute approximate surface area is 141 Å². The molecule has 24 heavy (non-hydrogen) atoms. The molecular formula is C18H23N3O3. The number of oxazole rings is 1. The smallest absolute Gasteiger partial charge is 0.298 e. The van der Waals surface area contributed by atoms with Gasteiger partial charge in [0.15, 0.2) is 5.58 Å². The largest absolute Gasteiger partial charge is 0.423 e. The molecular weight excluding hydrogens is 306 g/mol. The third-order valence-electron chi connectivity index (χ3n) is 5.05. The van der Waals surface area contributed by atoms with Crippen molar-refractivity contribution in [2.75, 3.05) is 37.7 Å². The molecule has 2 aromatic rings.